The number of hydrogen-bond donors (Lipinski definition) is 2. The van der Waals surface area contributed by atoms with E-state index < -0.39 is 6.04 Å². The molecule has 2 fully saturated rings. The van der Waals surface area contributed by atoms with E-state index in [0.717, 1.165) is 43.7 Å². The minimum absolute atomic E-state index is 0.0659. The lowest BCUT2D eigenvalue weighted by Crippen LogP contribution is -2.53. The Labute approximate surface area is 169 Å². The van der Waals surface area contributed by atoms with Crippen molar-refractivity contribution in [2.45, 2.75) is 37.1 Å². The van der Waals surface area contributed by atoms with Crippen molar-refractivity contribution in [1.82, 2.24) is 24.8 Å². The van der Waals surface area contributed by atoms with E-state index in [0.29, 0.717) is 25.0 Å². The van der Waals surface area contributed by atoms with Crippen LogP contribution in [0.5, 0.6) is 0 Å². The number of anilines is 1. The fourth-order valence-electron chi connectivity index (χ4n) is 5.31. The Morgan fingerprint density at radius 3 is 2.76 bits per heavy atom. The number of carbonyl (C=O) groups excluding carboxylic acids is 1. The smallest absolute Gasteiger partial charge is 0.251 e. The highest BCUT2D eigenvalue weighted by atomic mass is 16.2. The van der Waals surface area contributed by atoms with Gasteiger partial charge in [0.15, 0.2) is 0 Å². The summed E-state index contributed by atoms with van der Waals surface area (Å²) in [5, 5.41) is 3.46. The van der Waals surface area contributed by atoms with Gasteiger partial charge in [-0.2, -0.15) is 0 Å². The molecule has 5 rings (SSSR count). The standard InChI is InChI=1S/C21H26N6O2/c22-21-24-7-4-16(25-21)13-5-8-26(9-6-13)20(29)19-15-10-14(11-23-12-15)17-2-1-3-18(28)27(17)19/h1-4,7,13-15,19,23H,5-6,8-12H2,(H2,22,24,25)/t14-,15+,19-/m1/s1. The Balaban J connectivity index is 1.37. The van der Waals surface area contributed by atoms with Crippen molar-refractivity contribution in [2.75, 3.05) is 31.9 Å². The molecule has 8 heteroatoms. The van der Waals surface area contributed by atoms with E-state index in [9.17, 15) is 9.59 Å². The maximum absolute atomic E-state index is 13.6. The molecule has 0 spiro atoms. The summed E-state index contributed by atoms with van der Waals surface area (Å²) in [4.78, 5) is 36.5. The second kappa shape index (κ2) is 7.26. The van der Waals surface area contributed by atoms with Crippen molar-refractivity contribution >= 4 is 11.9 Å². The number of amides is 1. The SMILES string of the molecule is Nc1nccc(C2CCN(C(=O)[C@H]3[C@@H]4CNC[C@@H](C4)c4cccc(=O)n43)CC2)n1. The highest BCUT2D eigenvalue weighted by Gasteiger charge is 2.43. The van der Waals surface area contributed by atoms with Gasteiger partial charge in [-0.05, 0) is 31.4 Å². The molecule has 2 saturated heterocycles. The highest BCUT2D eigenvalue weighted by molar-refractivity contribution is 5.81. The zero-order valence-electron chi connectivity index (χ0n) is 16.3. The third kappa shape index (κ3) is 3.21. The van der Waals surface area contributed by atoms with Gasteiger partial charge >= 0.3 is 0 Å². The van der Waals surface area contributed by atoms with Crippen LogP contribution in [0, 0.1) is 5.92 Å². The number of nitrogens with zero attached hydrogens (tertiary/aromatic N) is 4. The van der Waals surface area contributed by atoms with Crippen molar-refractivity contribution in [3.05, 3.63) is 52.2 Å². The van der Waals surface area contributed by atoms with E-state index in [4.69, 9.17) is 5.73 Å². The average Bonchev–Trinajstić information content (AvgIpc) is 2.75. The first kappa shape index (κ1) is 18.3. The van der Waals surface area contributed by atoms with E-state index in [1.54, 1.807) is 16.8 Å². The largest absolute Gasteiger partial charge is 0.368 e. The van der Waals surface area contributed by atoms with E-state index in [2.05, 4.69) is 15.3 Å². The summed E-state index contributed by atoms with van der Waals surface area (Å²) in [5.41, 5.74) is 7.59. The highest BCUT2D eigenvalue weighted by Crippen LogP contribution is 2.40. The molecule has 2 aromatic rings. The van der Waals surface area contributed by atoms with Crippen molar-refractivity contribution < 1.29 is 4.79 Å². The van der Waals surface area contributed by atoms with Crippen molar-refractivity contribution in [2.24, 2.45) is 5.92 Å². The van der Waals surface area contributed by atoms with Gasteiger partial charge in [-0.25, -0.2) is 9.97 Å². The van der Waals surface area contributed by atoms with E-state index in [-0.39, 0.29) is 23.3 Å². The topological polar surface area (TPSA) is 106 Å². The Hall–Kier alpha value is -2.74. The molecule has 8 nitrogen and oxygen atoms in total. The van der Waals surface area contributed by atoms with Crippen LogP contribution >= 0.6 is 0 Å². The minimum atomic E-state index is -0.408. The zero-order valence-corrected chi connectivity index (χ0v) is 16.3. The summed E-state index contributed by atoms with van der Waals surface area (Å²) in [7, 11) is 0. The third-order valence-corrected chi connectivity index (χ3v) is 6.72. The van der Waals surface area contributed by atoms with Crippen LogP contribution in [-0.2, 0) is 4.79 Å². The number of hydrogen-bond acceptors (Lipinski definition) is 6. The second-order valence-corrected chi connectivity index (χ2v) is 8.39. The number of fused-ring (bicyclic) bond motifs is 4. The number of carbonyl (C=O) groups is 1. The summed E-state index contributed by atoms with van der Waals surface area (Å²) >= 11 is 0. The molecular weight excluding hydrogens is 368 g/mol. The fourth-order valence-corrected chi connectivity index (χ4v) is 5.31. The molecular formula is C21H26N6O2. The molecule has 2 aromatic heterocycles. The quantitative estimate of drug-likeness (QED) is 0.783. The number of rotatable bonds is 2. The first-order chi connectivity index (χ1) is 14.1. The molecule has 5 heterocycles. The Bertz CT molecular complexity index is 981. The lowest BCUT2D eigenvalue weighted by molar-refractivity contribution is -0.138. The average molecular weight is 394 g/mol. The second-order valence-electron chi connectivity index (χ2n) is 8.39. The fraction of sp³-hybridized carbons (Fsp3) is 0.524. The maximum Gasteiger partial charge on any atom is 0.251 e. The molecule has 2 bridgehead atoms. The van der Waals surface area contributed by atoms with Crippen molar-refractivity contribution in [3.8, 4) is 0 Å². The minimum Gasteiger partial charge on any atom is -0.368 e. The molecule has 0 radical (unpaired) electrons. The van der Waals surface area contributed by atoms with Gasteiger partial charge in [-0.15, -0.1) is 0 Å². The van der Waals surface area contributed by atoms with Crippen molar-refractivity contribution in [3.63, 3.8) is 0 Å². The lowest BCUT2D eigenvalue weighted by atomic mass is 9.78. The van der Waals surface area contributed by atoms with Crippen LogP contribution in [0.15, 0.2) is 35.3 Å². The summed E-state index contributed by atoms with van der Waals surface area (Å²) in [6.45, 7) is 2.99. The molecule has 0 unspecified atom stereocenters. The molecule has 3 aliphatic rings. The van der Waals surface area contributed by atoms with Gasteiger partial charge in [0.2, 0.25) is 11.9 Å². The van der Waals surface area contributed by atoms with E-state index >= 15 is 0 Å². The Morgan fingerprint density at radius 1 is 1.14 bits per heavy atom. The van der Waals surface area contributed by atoms with E-state index in [1.807, 2.05) is 23.1 Å². The van der Waals surface area contributed by atoms with Crippen LogP contribution in [0.3, 0.4) is 0 Å². The molecule has 0 aliphatic carbocycles. The van der Waals surface area contributed by atoms with Gasteiger partial charge in [0.05, 0.1) is 0 Å². The van der Waals surface area contributed by atoms with Gasteiger partial charge in [0, 0.05) is 67.6 Å². The van der Waals surface area contributed by atoms with Gasteiger partial charge in [0.1, 0.15) is 6.04 Å². The van der Waals surface area contributed by atoms with Crippen LogP contribution in [0.1, 0.15) is 48.5 Å². The number of pyridine rings is 1. The Kier molecular flexibility index (Phi) is 4.58. The molecule has 1 amide bonds. The lowest BCUT2D eigenvalue weighted by Gasteiger charge is -2.44. The maximum atomic E-state index is 13.6. The van der Waals surface area contributed by atoms with Crippen LogP contribution < -0.4 is 16.6 Å². The van der Waals surface area contributed by atoms with Crippen molar-refractivity contribution in [1.29, 1.82) is 0 Å². The van der Waals surface area contributed by atoms with Crippen LogP contribution in [-0.4, -0.2) is 51.5 Å². The predicted molar refractivity (Wildman–Crippen MR) is 108 cm³/mol. The number of nitrogens with two attached hydrogens (primary N) is 1. The summed E-state index contributed by atoms with van der Waals surface area (Å²) < 4.78 is 1.78. The summed E-state index contributed by atoms with van der Waals surface area (Å²) in [6, 6.07) is 6.88. The molecule has 0 saturated carbocycles. The van der Waals surface area contributed by atoms with Gasteiger partial charge in [0.25, 0.3) is 5.56 Å². The number of nitrogen functional groups attached to an aromatic ring is 1. The van der Waals surface area contributed by atoms with Crippen LogP contribution in [0.25, 0.3) is 0 Å². The first-order valence-electron chi connectivity index (χ1n) is 10.4. The molecule has 3 N–H and O–H groups in total. The van der Waals surface area contributed by atoms with Gasteiger partial charge in [-0.1, -0.05) is 6.07 Å². The normalized spacial score (nSPS) is 26.8. The van der Waals surface area contributed by atoms with Crippen LogP contribution in [0.2, 0.25) is 0 Å². The summed E-state index contributed by atoms with van der Waals surface area (Å²) in [6.07, 6.45) is 4.34. The Morgan fingerprint density at radius 2 is 1.97 bits per heavy atom. The molecule has 0 aromatic carbocycles. The van der Waals surface area contributed by atoms with Gasteiger partial charge in [-0.3, -0.25) is 14.2 Å². The molecule has 3 atom stereocenters. The molecule has 152 valence electrons. The predicted octanol–water partition coefficient (Wildman–Crippen LogP) is 0.874. The number of aromatic nitrogens is 3. The third-order valence-electron chi connectivity index (χ3n) is 6.72. The monoisotopic (exact) mass is 394 g/mol. The van der Waals surface area contributed by atoms with E-state index in [1.165, 1.54) is 0 Å². The summed E-state index contributed by atoms with van der Waals surface area (Å²) in [5.74, 6) is 1.12. The number of nitrogens with one attached hydrogen (secondary N) is 1. The number of piperidine rings is 2. The molecule has 3 aliphatic heterocycles. The van der Waals surface area contributed by atoms with Crippen LogP contribution in [0.4, 0.5) is 5.95 Å². The first-order valence-corrected chi connectivity index (χ1v) is 10.4. The number of likely N-dealkylation sites (tertiary alicyclic amines) is 1. The van der Waals surface area contributed by atoms with Gasteiger partial charge < -0.3 is 16.0 Å². The zero-order chi connectivity index (χ0) is 20.0. The molecule has 29 heavy (non-hydrogen) atoms.